The number of nitrogens with zero attached hydrogens (tertiary/aromatic N) is 2. The third kappa shape index (κ3) is 3.60. The quantitative estimate of drug-likeness (QED) is 0.706. The summed E-state index contributed by atoms with van der Waals surface area (Å²) in [6.45, 7) is 5.32. The van der Waals surface area contributed by atoms with E-state index in [0.717, 1.165) is 29.0 Å². The number of ether oxygens (including phenoxy) is 1. The molecular formula is C20H24N2O2. The summed E-state index contributed by atoms with van der Waals surface area (Å²) in [6, 6.07) is 16.0. The highest BCUT2D eigenvalue weighted by Crippen LogP contribution is 2.23. The fourth-order valence-corrected chi connectivity index (χ4v) is 2.88. The summed E-state index contributed by atoms with van der Waals surface area (Å²) in [6.07, 6.45) is 1.09. The Balaban J connectivity index is 1.79. The molecule has 4 nitrogen and oxygen atoms in total. The van der Waals surface area contributed by atoms with E-state index < -0.39 is 6.10 Å². The Morgan fingerprint density at radius 3 is 2.62 bits per heavy atom. The lowest BCUT2D eigenvalue weighted by Gasteiger charge is -2.14. The molecule has 3 aromatic rings. The van der Waals surface area contributed by atoms with Crippen molar-refractivity contribution in [2.75, 3.05) is 6.61 Å². The summed E-state index contributed by atoms with van der Waals surface area (Å²) < 4.78 is 7.92. The van der Waals surface area contributed by atoms with E-state index >= 15 is 0 Å². The monoisotopic (exact) mass is 324 g/mol. The van der Waals surface area contributed by atoms with Crippen molar-refractivity contribution >= 4 is 11.0 Å². The first-order valence-corrected chi connectivity index (χ1v) is 8.51. The van der Waals surface area contributed by atoms with Gasteiger partial charge in [-0.3, -0.25) is 0 Å². The lowest BCUT2D eigenvalue weighted by Crippen LogP contribution is -2.14. The molecule has 1 atom stereocenters. The van der Waals surface area contributed by atoms with Crippen LogP contribution in [0, 0.1) is 6.92 Å². The van der Waals surface area contributed by atoms with E-state index in [4.69, 9.17) is 4.74 Å². The molecule has 4 heteroatoms. The number of aliphatic hydroxyl groups excluding tert-OH is 1. The van der Waals surface area contributed by atoms with Crippen molar-refractivity contribution in [3.8, 4) is 5.75 Å². The van der Waals surface area contributed by atoms with Gasteiger partial charge in [0.15, 0.2) is 0 Å². The van der Waals surface area contributed by atoms with Crippen LogP contribution >= 0.6 is 0 Å². The summed E-state index contributed by atoms with van der Waals surface area (Å²) in [5.74, 6) is 1.59. The Bertz CT molecular complexity index is 793. The number of benzene rings is 2. The maximum atomic E-state index is 10.4. The minimum atomic E-state index is -0.540. The van der Waals surface area contributed by atoms with E-state index in [1.165, 1.54) is 5.56 Å². The van der Waals surface area contributed by atoms with Crippen LogP contribution in [0.15, 0.2) is 48.5 Å². The van der Waals surface area contributed by atoms with Crippen molar-refractivity contribution in [1.29, 1.82) is 0 Å². The molecule has 0 saturated heterocycles. The number of rotatable bonds is 7. The molecule has 0 amide bonds. The van der Waals surface area contributed by atoms with Gasteiger partial charge >= 0.3 is 0 Å². The van der Waals surface area contributed by atoms with Gasteiger partial charge in [-0.2, -0.15) is 0 Å². The second kappa shape index (κ2) is 7.49. The molecule has 0 aliphatic rings. The highest BCUT2D eigenvalue weighted by Gasteiger charge is 2.17. The van der Waals surface area contributed by atoms with Gasteiger partial charge < -0.3 is 14.4 Å². The molecule has 0 bridgehead atoms. The molecule has 24 heavy (non-hydrogen) atoms. The summed E-state index contributed by atoms with van der Waals surface area (Å²) in [5, 5.41) is 10.4. The van der Waals surface area contributed by atoms with E-state index in [0.29, 0.717) is 19.6 Å². The third-order valence-corrected chi connectivity index (χ3v) is 4.15. The van der Waals surface area contributed by atoms with Gasteiger partial charge in [0.25, 0.3) is 0 Å². The molecule has 126 valence electrons. The lowest BCUT2D eigenvalue weighted by atomic mass is 10.2. The fourth-order valence-electron chi connectivity index (χ4n) is 2.88. The van der Waals surface area contributed by atoms with Crippen LogP contribution in [0.4, 0.5) is 0 Å². The second-order valence-corrected chi connectivity index (χ2v) is 6.08. The number of para-hydroxylation sites is 2. The number of aryl methyl sites for hydroxylation is 1. The van der Waals surface area contributed by atoms with Crippen LogP contribution in [-0.4, -0.2) is 21.3 Å². The SMILES string of the molecule is CCC[C@@H](O)c1nc2ccccc2n1CCOc1ccc(C)cc1. The number of imidazole rings is 1. The van der Waals surface area contributed by atoms with Crippen LogP contribution in [0.2, 0.25) is 0 Å². The van der Waals surface area contributed by atoms with E-state index in [1.807, 2.05) is 48.5 Å². The third-order valence-electron chi connectivity index (χ3n) is 4.15. The summed E-state index contributed by atoms with van der Waals surface area (Å²) >= 11 is 0. The van der Waals surface area contributed by atoms with Crippen molar-refractivity contribution in [3.63, 3.8) is 0 Å². The zero-order valence-electron chi connectivity index (χ0n) is 14.3. The van der Waals surface area contributed by atoms with Crippen LogP contribution in [0.5, 0.6) is 5.75 Å². The van der Waals surface area contributed by atoms with Gasteiger partial charge in [-0.05, 0) is 37.6 Å². The maximum absolute atomic E-state index is 10.4. The Hall–Kier alpha value is -2.33. The van der Waals surface area contributed by atoms with Crippen LogP contribution in [0.3, 0.4) is 0 Å². The van der Waals surface area contributed by atoms with E-state index in [9.17, 15) is 5.11 Å². The lowest BCUT2D eigenvalue weighted by molar-refractivity contribution is 0.151. The molecule has 0 fully saturated rings. The molecule has 0 aliphatic heterocycles. The number of aliphatic hydroxyl groups is 1. The molecule has 0 spiro atoms. The smallest absolute Gasteiger partial charge is 0.138 e. The summed E-state index contributed by atoms with van der Waals surface area (Å²) in [5.41, 5.74) is 3.17. The van der Waals surface area contributed by atoms with Gasteiger partial charge in [0.1, 0.15) is 24.3 Å². The molecule has 0 unspecified atom stereocenters. The van der Waals surface area contributed by atoms with Crippen LogP contribution < -0.4 is 4.74 Å². The average Bonchev–Trinajstić information content (AvgIpc) is 2.96. The van der Waals surface area contributed by atoms with Crippen molar-refractivity contribution in [3.05, 3.63) is 59.9 Å². The predicted octanol–water partition coefficient (Wildman–Crippen LogP) is 4.26. The van der Waals surface area contributed by atoms with Crippen molar-refractivity contribution < 1.29 is 9.84 Å². The number of hydrogen-bond acceptors (Lipinski definition) is 3. The fraction of sp³-hybridized carbons (Fsp3) is 0.350. The number of fused-ring (bicyclic) bond motifs is 1. The van der Waals surface area contributed by atoms with Crippen molar-refractivity contribution in [2.24, 2.45) is 0 Å². The highest BCUT2D eigenvalue weighted by molar-refractivity contribution is 5.76. The van der Waals surface area contributed by atoms with E-state index in [-0.39, 0.29) is 0 Å². The minimum absolute atomic E-state index is 0.537. The van der Waals surface area contributed by atoms with E-state index in [1.54, 1.807) is 0 Å². The Labute approximate surface area is 142 Å². The van der Waals surface area contributed by atoms with Gasteiger partial charge in [0.05, 0.1) is 17.6 Å². The highest BCUT2D eigenvalue weighted by atomic mass is 16.5. The van der Waals surface area contributed by atoms with Crippen molar-refractivity contribution in [1.82, 2.24) is 9.55 Å². The number of aromatic nitrogens is 2. The van der Waals surface area contributed by atoms with E-state index in [2.05, 4.69) is 23.4 Å². The predicted molar refractivity (Wildman–Crippen MR) is 96.3 cm³/mol. The largest absolute Gasteiger partial charge is 0.492 e. The first-order valence-electron chi connectivity index (χ1n) is 8.51. The van der Waals surface area contributed by atoms with Gasteiger partial charge in [-0.15, -0.1) is 0 Å². The summed E-state index contributed by atoms with van der Waals surface area (Å²) in [4.78, 5) is 4.63. The zero-order valence-corrected chi connectivity index (χ0v) is 14.3. The van der Waals surface area contributed by atoms with Gasteiger partial charge in [-0.1, -0.05) is 43.2 Å². The van der Waals surface area contributed by atoms with Crippen molar-refractivity contribution in [2.45, 2.75) is 39.3 Å². The molecule has 1 N–H and O–H groups in total. The average molecular weight is 324 g/mol. The van der Waals surface area contributed by atoms with Crippen LogP contribution in [0.25, 0.3) is 11.0 Å². The molecular weight excluding hydrogens is 300 g/mol. The Morgan fingerprint density at radius 2 is 1.88 bits per heavy atom. The van der Waals surface area contributed by atoms with Crippen LogP contribution in [-0.2, 0) is 6.54 Å². The molecule has 1 heterocycles. The Kier molecular flexibility index (Phi) is 5.16. The van der Waals surface area contributed by atoms with Gasteiger partial charge in [-0.25, -0.2) is 4.98 Å². The molecule has 0 saturated carbocycles. The first-order chi connectivity index (χ1) is 11.7. The topological polar surface area (TPSA) is 47.3 Å². The van der Waals surface area contributed by atoms with Gasteiger partial charge in [0.2, 0.25) is 0 Å². The maximum Gasteiger partial charge on any atom is 0.138 e. The molecule has 2 aromatic carbocycles. The number of hydrogen-bond donors (Lipinski definition) is 1. The zero-order chi connectivity index (χ0) is 16.9. The standard InChI is InChI=1S/C20H24N2O2/c1-3-6-19(23)20-21-17-7-4-5-8-18(17)22(20)13-14-24-16-11-9-15(2)10-12-16/h4-5,7-12,19,23H,3,6,13-14H2,1-2H3/t19-/m1/s1. The molecule has 3 rings (SSSR count). The minimum Gasteiger partial charge on any atom is -0.492 e. The molecule has 1 aromatic heterocycles. The first kappa shape index (κ1) is 16.5. The van der Waals surface area contributed by atoms with Crippen LogP contribution in [0.1, 0.15) is 37.3 Å². The summed E-state index contributed by atoms with van der Waals surface area (Å²) in [7, 11) is 0. The molecule has 0 aliphatic carbocycles. The van der Waals surface area contributed by atoms with Gasteiger partial charge in [0, 0.05) is 0 Å². The molecule has 0 radical (unpaired) electrons. The Morgan fingerprint density at radius 1 is 1.12 bits per heavy atom. The second-order valence-electron chi connectivity index (χ2n) is 6.08. The normalized spacial score (nSPS) is 12.5.